The summed E-state index contributed by atoms with van der Waals surface area (Å²) in [7, 11) is 0. The third-order valence-corrected chi connectivity index (χ3v) is 3.85. The van der Waals surface area contributed by atoms with Crippen molar-refractivity contribution in [1.82, 2.24) is 4.98 Å². The van der Waals surface area contributed by atoms with Crippen molar-refractivity contribution >= 4 is 17.5 Å². The first-order valence-electron chi connectivity index (χ1n) is 8.15. The van der Waals surface area contributed by atoms with Crippen LogP contribution < -0.4 is 15.8 Å². The number of carbonyl (C=O) groups is 2. The molecule has 0 spiro atoms. The van der Waals surface area contributed by atoms with Gasteiger partial charge in [0.25, 0.3) is 11.8 Å². The Balaban J connectivity index is 1.95. The fraction of sp³-hybridized carbons (Fsp3) is 0.0500. The lowest BCUT2D eigenvalue weighted by molar-refractivity contribution is 0.0995. The number of carbonyl (C=O) groups excluding carboxylic acids is 2. The normalized spacial score (nSPS) is 10.4. The maximum Gasteiger partial charge on any atom is 0.267 e. The Morgan fingerprint density at radius 1 is 1.07 bits per heavy atom. The van der Waals surface area contributed by atoms with Crippen LogP contribution in [0.4, 0.5) is 14.5 Å². The van der Waals surface area contributed by atoms with Gasteiger partial charge < -0.3 is 15.8 Å². The molecule has 3 aromatic rings. The molecule has 1 aromatic heterocycles. The van der Waals surface area contributed by atoms with E-state index in [0.717, 1.165) is 11.6 Å². The molecule has 1 heterocycles. The lowest BCUT2D eigenvalue weighted by atomic mass is 10.2. The van der Waals surface area contributed by atoms with E-state index in [1.807, 2.05) is 0 Å². The second-order valence-corrected chi connectivity index (χ2v) is 5.88. The van der Waals surface area contributed by atoms with E-state index in [1.54, 1.807) is 31.2 Å². The second-order valence-electron chi connectivity index (χ2n) is 5.88. The quantitative estimate of drug-likeness (QED) is 0.700. The van der Waals surface area contributed by atoms with Gasteiger partial charge in [0, 0.05) is 23.9 Å². The molecule has 8 heteroatoms. The van der Waals surface area contributed by atoms with E-state index in [-0.39, 0.29) is 22.7 Å². The van der Waals surface area contributed by atoms with Crippen molar-refractivity contribution in [3.05, 3.63) is 83.2 Å². The van der Waals surface area contributed by atoms with Crippen LogP contribution in [0.15, 0.2) is 54.7 Å². The van der Waals surface area contributed by atoms with E-state index in [4.69, 9.17) is 10.5 Å². The van der Waals surface area contributed by atoms with E-state index in [9.17, 15) is 18.4 Å². The van der Waals surface area contributed by atoms with E-state index < -0.39 is 23.4 Å². The second kappa shape index (κ2) is 7.83. The fourth-order valence-electron chi connectivity index (χ4n) is 2.43. The minimum Gasteiger partial charge on any atom is -0.455 e. The number of hydrogen-bond acceptors (Lipinski definition) is 4. The molecule has 0 bridgehead atoms. The summed E-state index contributed by atoms with van der Waals surface area (Å²) in [4.78, 5) is 27.4. The number of aryl methyl sites for hydroxylation is 1. The Bertz CT molecular complexity index is 1070. The Morgan fingerprint density at radius 2 is 1.82 bits per heavy atom. The Labute approximate surface area is 159 Å². The molecule has 0 aliphatic heterocycles. The number of hydrogen-bond donors (Lipinski definition) is 2. The topological polar surface area (TPSA) is 94.3 Å². The monoisotopic (exact) mass is 383 g/mol. The molecule has 0 aliphatic carbocycles. The number of nitrogens with one attached hydrogen (secondary N) is 1. The van der Waals surface area contributed by atoms with Gasteiger partial charge in [-0.3, -0.25) is 14.6 Å². The number of nitrogens with zero attached hydrogens (tertiary/aromatic N) is 1. The summed E-state index contributed by atoms with van der Waals surface area (Å²) in [6.07, 6.45) is 1.22. The molecule has 3 N–H and O–H groups in total. The number of anilines is 1. The van der Waals surface area contributed by atoms with Crippen LogP contribution in [0.1, 0.15) is 26.4 Å². The van der Waals surface area contributed by atoms with E-state index in [0.29, 0.717) is 11.8 Å². The number of halogens is 2. The number of amides is 2. The van der Waals surface area contributed by atoms with Crippen molar-refractivity contribution in [2.24, 2.45) is 5.73 Å². The molecule has 0 saturated heterocycles. The van der Waals surface area contributed by atoms with Crippen LogP contribution in [0, 0.1) is 18.6 Å². The van der Waals surface area contributed by atoms with Gasteiger partial charge in [0.2, 0.25) is 0 Å². The molecule has 0 atom stereocenters. The highest BCUT2D eigenvalue weighted by Crippen LogP contribution is 2.34. The van der Waals surface area contributed by atoms with Crippen LogP contribution in [-0.2, 0) is 0 Å². The Kier molecular flexibility index (Phi) is 5.30. The van der Waals surface area contributed by atoms with Crippen molar-refractivity contribution in [2.75, 3.05) is 5.32 Å². The molecule has 0 saturated carbocycles. The number of pyridine rings is 1. The largest absolute Gasteiger partial charge is 0.455 e. The highest BCUT2D eigenvalue weighted by atomic mass is 19.1. The standard InChI is InChI=1S/C20H15F2N3O3/c1-11-4-2-3-5-16(11)28-17-10-13(21)9-14(22)18(17)25-20(27)12-6-7-24-15(8-12)19(23)26/h2-10H,1H3,(H2,23,26)(H,25,27). The van der Waals surface area contributed by atoms with Gasteiger partial charge in [-0.2, -0.15) is 0 Å². The summed E-state index contributed by atoms with van der Waals surface area (Å²) in [5.41, 5.74) is 5.45. The number of ether oxygens (including phenoxy) is 1. The molecule has 6 nitrogen and oxygen atoms in total. The summed E-state index contributed by atoms with van der Waals surface area (Å²) >= 11 is 0. The first-order valence-corrected chi connectivity index (χ1v) is 8.15. The summed E-state index contributed by atoms with van der Waals surface area (Å²) in [6, 6.07) is 11.0. The third-order valence-electron chi connectivity index (χ3n) is 3.85. The Hall–Kier alpha value is -3.81. The average Bonchev–Trinajstić information content (AvgIpc) is 2.66. The zero-order valence-corrected chi connectivity index (χ0v) is 14.7. The van der Waals surface area contributed by atoms with Gasteiger partial charge in [-0.05, 0) is 30.7 Å². The van der Waals surface area contributed by atoms with Gasteiger partial charge in [0.05, 0.1) is 0 Å². The molecule has 0 radical (unpaired) electrons. The van der Waals surface area contributed by atoms with E-state index in [2.05, 4.69) is 10.3 Å². The molecule has 0 aliphatic rings. The molecular weight excluding hydrogens is 368 g/mol. The van der Waals surface area contributed by atoms with Gasteiger partial charge in [0.1, 0.15) is 22.9 Å². The Morgan fingerprint density at radius 3 is 2.54 bits per heavy atom. The maximum atomic E-state index is 14.4. The summed E-state index contributed by atoms with van der Waals surface area (Å²) in [5, 5.41) is 2.34. The molecule has 28 heavy (non-hydrogen) atoms. The predicted molar refractivity (Wildman–Crippen MR) is 98.3 cm³/mol. The molecule has 2 amide bonds. The van der Waals surface area contributed by atoms with Gasteiger partial charge >= 0.3 is 0 Å². The highest BCUT2D eigenvalue weighted by molar-refractivity contribution is 6.06. The van der Waals surface area contributed by atoms with Crippen LogP contribution in [0.2, 0.25) is 0 Å². The van der Waals surface area contributed by atoms with Gasteiger partial charge in [0.15, 0.2) is 11.6 Å². The molecular formula is C20H15F2N3O3. The van der Waals surface area contributed by atoms with Crippen molar-refractivity contribution in [1.29, 1.82) is 0 Å². The summed E-state index contributed by atoms with van der Waals surface area (Å²) in [6.45, 7) is 1.77. The molecule has 142 valence electrons. The van der Waals surface area contributed by atoms with Gasteiger partial charge in [-0.15, -0.1) is 0 Å². The fourth-order valence-corrected chi connectivity index (χ4v) is 2.43. The number of rotatable bonds is 5. The van der Waals surface area contributed by atoms with E-state index >= 15 is 0 Å². The van der Waals surface area contributed by atoms with Crippen LogP contribution in [0.25, 0.3) is 0 Å². The van der Waals surface area contributed by atoms with Crippen molar-refractivity contribution in [2.45, 2.75) is 6.92 Å². The molecule has 0 unspecified atom stereocenters. The third kappa shape index (κ3) is 4.12. The average molecular weight is 383 g/mol. The number of aromatic nitrogens is 1. The first-order chi connectivity index (χ1) is 13.3. The van der Waals surface area contributed by atoms with E-state index in [1.165, 1.54) is 18.3 Å². The van der Waals surface area contributed by atoms with Crippen molar-refractivity contribution in [3.8, 4) is 11.5 Å². The molecule has 3 rings (SSSR count). The SMILES string of the molecule is Cc1ccccc1Oc1cc(F)cc(F)c1NC(=O)c1ccnc(C(N)=O)c1. The van der Waals surface area contributed by atoms with Crippen LogP contribution in [-0.4, -0.2) is 16.8 Å². The number of para-hydroxylation sites is 1. The van der Waals surface area contributed by atoms with Gasteiger partial charge in [-0.25, -0.2) is 8.78 Å². The zero-order chi connectivity index (χ0) is 20.3. The summed E-state index contributed by atoms with van der Waals surface area (Å²) in [5.74, 6) is -3.26. The minimum absolute atomic E-state index is 0.0226. The van der Waals surface area contributed by atoms with Crippen molar-refractivity contribution < 1.29 is 23.1 Å². The van der Waals surface area contributed by atoms with Crippen LogP contribution >= 0.6 is 0 Å². The lowest BCUT2D eigenvalue weighted by Crippen LogP contribution is -2.17. The molecule has 0 fully saturated rings. The smallest absolute Gasteiger partial charge is 0.267 e. The zero-order valence-electron chi connectivity index (χ0n) is 14.7. The molecule has 2 aromatic carbocycles. The number of nitrogens with two attached hydrogens (primary N) is 1. The van der Waals surface area contributed by atoms with Crippen LogP contribution in [0.5, 0.6) is 11.5 Å². The highest BCUT2D eigenvalue weighted by Gasteiger charge is 2.18. The van der Waals surface area contributed by atoms with Crippen LogP contribution in [0.3, 0.4) is 0 Å². The minimum atomic E-state index is -1.01. The van der Waals surface area contributed by atoms with Gasteiger partial charge in [-0.1, -0.05) is 18.2 Å². The van der Waals surface area contributed by atoms with Crippen molar-refractivity contribution in [3.63, 3.8) is 0 Å². The lowest BCUT2D eigenvalue weighted by Gasteiger charge is -2.15. The summed E-state index contributed by atoms with van der Waals surface area (Å²) < 4.78 is 33.7. The number of primary amides is 1. The first kappa shape index (κ1) is 19.0. The maximum absolute atomic E-state index is 14.4. The predicted octanol–water partition coefficient (Wildman–Crippen LogP) is 3.81. The number of benzene rings is 2.